The first-order chi connectivity index (χ1) is 15.7. The Hall–Kier alpha value is -2.36. The number of hydrogen-bond acceptors (Lipinski definition) is 6. The number of piperidine rings is 1. The quantitative estimate of drug-likeness (QED) is 0.561. The average Bonchev–Trinajstić information content (AvgIpc) is 2.86. The fourth-order valence-corrected chi connectivity index (χ4v) is 6.18. The number of fused-ring (bicyclic) bond motifs is 2. The van der Waals surface area contributed by atoms with E-state index in [9.17, 15) is 5.26 Å². The van der Waals surface area contributed by atoms with Crippen LogP contribution in [0.1, 0.15) is 37.8 Å². The largest absolute Gasteiger partial charge is 0.378 e. The third-order valence-electron chi connectivity index (χ3n) is 6.99. The van der Waals surface area contributed by atoms with Gasteiger partial charge in [0, 0.05) is 53.3 Å². The maximum Gasteiger partial charge on any atom is 0.0657 e. The number of rotatable bonds is 4. The molecule has 1 N–H and O–H groups in total. The number of nitrogens with one attached hydrogen (secondary N) is 1. The number of nitrogens with zero attached hydrogens (tertiary/aromatic N) is 3. The van der Waals surface area contributed by atoms with Crippen LogP contribution in [0.3, 0.4) is 0 Å². The van der Waals surface area contributed by atoms with Crippen molar-refractivity contribution in [3.8, 4) is 6.07 Å². The molecule has 2 saturated heterocycles. The van der Waals surface area contributed by atoms with E-state index in [4.69, 9.17) is 4.74 Å². The van der Waals surface area contributed by atoms with Crippen molar-refractivity contribution < 1.29 is 4.74 Å². The van der Waals surface area contributed by atoms with Gasteiger partial charge in [-0.2, -0.15) is 5.26 Å². The van der Waals surface area contributed by atoms with Crippen LogP contribution in [0.5, 0.6) is 0 Å². The standard InChI is InChI=1S/C26H32N4OS/c1-3-19-13-21(29-7-5-18(17-27)6-8-29)15-23-25(19)28-26-20(4-2)14-22(16-24(26)32-23)30-9-11-31-12-10-30/h13-16,18,28H,3-12H2,1-2H3. The van der Waals surface area contributed by atoms with Crippen molar-refractivity contribution in [1.82, 2.24) is 0 Å². The predicted octanol–water partition coefficient (Wildman–Crippen LogP) is 5.60. The second kappa shape index (κ2) is 9.25. The zero-order chi connectivity index (χ0) is 22.1. The van der Waals surface area contributed by atoms with E-state index in [1.165, 1.54) is 43.7 Å². The van der Waals surface area contributed by atoms with E-state index in [-0.39, 0.29) is 5.92 Å². The van der Waals surface area contributed by atoms with Crippen LogP contribution >= 0.6 is 11.8 Å². The molecule has 3 aliphatic heterocycles. The molecule has 3 heterocycles. The Kier molecular flexibility index (Phi) is 6.21. The van der Waals surface area contributed by atoms with Gasteiger partial charge in [-0.3, -0.25) is 0 Å². The molecular weight excluding hydrogens is 416 g/mol. The number of aryl methyl sites for hydroxylation is 2. The molecule has 2 aromatic rings. The molecule has 0 bridgehead atoms. The van der Waals surface area contributed by atoms with Crippen molar-refractivity contribution in [1.29, 1.82) is 5.26 Å². The zero-order valence-electron chi connectivity index (χ0n) is 19.1. The first-order valence-electron chi connectivity index (χ1n) is 12.0. The van der Waals surface area contributed by atoms with Crippen LogP contribution in [0.25, 0.3) is 0 Å². The summed E-state index contributed by atoms with van der Waals surface area (Å²) in [5.41, 5.74) is 7.92. The Balaban J connectivity index is 1.48. The summed E-state index contributed by atoms with van der Waals surface area (Å²) in [6.45, 7) is 9.95. The molecule has 0 radical (unpaired) electrons. The lowest BCUT2D eigenvalue weighted by Gasteiger charge is -2.34. The molecule has 168 valence electrons. The minimum atomic E-state index is 0.212. The van der Waals surface area contributed by atoms with E-state index in [2.05, 4.69) is 59.3 Å². The van der Waals surface area contributed by atoms with Gasteiger partial charge in [-0.25, -0.2) is 0 Å². The number of nitriles is 1. The van der Waals surface area contributed by atoms with E-state index in [0.717, 1.165) is 65.1 Å². The number of hydrogen-bond donors (Lipinski definition) is 1. The molecule has 3 aliphatic rings. The van der Waals surface area contributed by atoms with E-state index in [1.807, 2.05) is 11.8 Å². The smallest absolute Gasteiger partial charge is 0.0657 e. The molecule has 0 unspecified atom stereocenters. The topological polar surface area (TPSA) is 51.5 Å². The average molecular weight is 449 g/mol. The van der Waals surface area contributed by atoms with E-state index >= 15 is 0 Å². The Morgan fingerprint density at radius 1 is 0.906 bits per heavy atom. The summed E-state index contributed by atoms with van der Waals surface area (Å²) in [5, 5.41) is 13.1. The summed E-state index contributed by atoms with van der Waals surface area (Å²) in [7, 11) is 0. The maximum atomic E-state index is 9.25. The van der Waals surface area contributed by atoms with Gasteiger partial charge in [0.05, 0.1) is 30.7 Å². The highest BCUT2D eigenvalue weighted by Crippen LogP contribution is 2.50. The van der Waals surface area contributed by atoms with Gasteiger partial charge in [-0.1, -0.05) is 25.6 Å². The van der Waals surface area contributed by atoms with E-state index < -0.39 is 0 Å². The molecule has 0 atom stereocenters. The van der Waals surface area contributed by atoms with Gasteiger partial charge in [0.1, 0.15) is 0 Å². The summed E-state index contributed by atoms with van der Waals surface area (Å²) >= 11 is 1.90. The monoisotopic (exact) mass is 448 g/mol. The molecule has 6 heteroatoms. The first kappa shape index (κ1) is 21.5. The van der Waals surface area contributed by atoms with Gasteiger partial charge in [0.2, 0.25) is 0 Å². The van der Waals surface area contributed by atoms with Crippen molar-refractivity contribution in [2.75, 3.05) is 54.5 Å². The third kappa shape index (κ3) is 4.04. The Bertz CT molecular complexity index is 1030. The summed E-state index contributed by atoms with van der Waals surface area (Å²) in [5.74, 6) is 0.212. The third-order valence-corrected chi connectivity index (χ3v) is 8.07. The minimum Gasteiger partial charge on any atom is -0.378 e. The normalized spacial score (nSPS) is 18.5. The second-order valence-corrected chi connectivity index (χ2v) is 9.96. The Morgan fingerprint density at radius 2 is 1.44 bits per heavy atom. The summed E-state index contributed by atoms with van der Waals surface area (Å²) in [6, 6.07) is 11.9. The van der Waals surface area contributed by atoms with Gasteiger partial charge in [0.15, 0.2) is 0 Å². The highest BCUT2D eigenvalue weighted by molar-refractivity contribution is 7.99. The maximum absolute atomic E-state index is 9.25. The fraction of sp³-hybridized carbons (Fsp3) is 0.500. The van der Waals surface area contributed by atoms with Crippen LogP contribution in [-0.4, -0.2) is 39.4 Å². The van der Waals surface area contributed by atoms with Gasteiger partial charge in [0.25, 0.3) is 0 Å². The summed E-state index contributed by atoms with van der Waals surface area (Å²) in [4.78, 5) is 7.55. The van der Waals surface area contributed by atoms with Crippen molar-refractivity contribution in [2.24, 2.45) is 5.92 Å². The molecule has 2 fully saturated rings. The molecular formula is C26H32N4OS. The van der Waals surface area contributed by atoms with Crippen LogP contribution in [0, 0.1) is 17.2 Å². The molecule has 0 spiro atoms. The summed E-state index contributed by atoms with van der Waals surface area (Å²) < 4.78 is 5.57. The number of morpholine rings is 1. The lowest BCUT2D eigenvalue weighted by atomic mass is 9.97. The predicted molar refractivity (Wildman–Crippen MR) is 133 cm³/mol. The molecule has 5 nitrogen and oxygen atoms in total. The molecule has 0 aliphatic carbocycles. The van der Waals surface area contributed by atoms with Crippen LogP contribution in [-0.2, 0) is 17.6 Å². The van der Waals surface area contributed by atoms with Crippen LogP contribution in [0.4, 0.5) is 22.7 Å². The SMILES string of the molecule is CCc1cc(N2CCOCC2)cc2c1Nc1c(CC)cc(N3CCC(C#N)CC3)cc1S2. The van der Waals surface area contributed by atoms with Crippen molar-refractivity contribution >= 4 is 34.5 Å². The molecule has 2 aromatic carbocycles. The van der Waals surface area contributed by atoms with Crippen LogP contribution in [0.15, 0.2) is 34.1 Å². The Morgan fingerprint density at radius 3 is 1.94 bits per heavy atom. The lowest BCUT2D eigenvalue weighted by molar-refractivity contribution is 0.122. The fourth-order valence-electron chi connectivity index (χ4n) is 5.01. The van der Waals surface area contributed by atoms with Crippen molar-refractivity contribution in [3.63, 3.8) is 0 Å². The molecule has 0 amide bonds. The van der Waals surface area contributed by atoms with Gasteiger partial charge < -0.3 is 19.9 Å². The van der Waals surface area contributed by atoms with Crippen molar-refractivity contribution in [3.05, 3.63) is 35.4 Å². The number of ether oxygens (including phenoxy) is 1. The highest BCUT2D eigenvalue weighted by Gasteiger charge is 2.26. The van der Waals surface area contributed by atoms with Crippen LogP contribution in [0.2, 0.25) is 0 Å². The second-order valence-electron chi connectivity index (χ2n) is 8.88. The molecule has 0 aromatic heterocycles. The molecule has 0 saturated carbocycles. The first-order valence-corrected chi connectivity index (χ1v) is 12.8. The van der Waals surface area contributed by atoms with Gasteiger partial charge in [-0.15, -0.1) is 0 Å². The van der Waals surface area contributed by atoms with E-state index in [1.54, 1.807) is 0 Å². The van der Waals surface area contributed by atoms with Crippen LogP contribution < -0.4 is 15.1 Å². The zero-order valence-corrected chi connectivity index (χ0v) is 19.9. The molecule has 5 rings (SSSR count). The minimum absolute atomic E-state index is 0.212. The lowest BCUT2D eigenvalue weighted by Crippen LogP contribution is -2.36. The summed E-state index contributed by atoms with van der Waals surface area (Å²) in [6.07, 6.45) is 3.94. The Labute approximate surface area is 195 Å². The molecule has 32 heavy (non-hydrogen) atoms. The van der Waals surface area contributed by atoms with E-state index in [0.29, 0.717) is 0 Å². The number of benzene rings is 2. The number of anilines is 4. The van der Waals surface area contributed by atoms with Gasteiger partial charge >= 0.3 is 0 Å². The highest BCUT2D eigenvalue weighted by atomic mass is 32.2. The van der Waals surface area contributed by atoms with Gasteiger partial charge in [-0.05, 0) is 61.1 Å². The van der Waals surface area contributed by atoms with Crippen molar-refractivity contribution in [2.45, 2.75) is 49.3 Å².